The maximum Gasteiger partial charge on any atom is 0.328 e. The van der Waals surface area contributed by atoms with Gasteiger partial charge in [0.15, 0.2) is 11.5 Å². The molecule has 0 aliphatic rings. The number of hydrogen-bond acceptors (Lipinski definition) is 4. The van der Waals surface area contributed by atoms with E-state index in [4.69, 9.17) is 14.6 Å². The number of rotatable bonds is 10. The van der Waals surface area contributed by atoms with Crippen molar-refractivity contribution in [2.75, 3.05) is 19.5 Å². The van der Waals surface area contributed by atoms with Gasteiger partial charge >= 0.3 is 5.97 Å². The molecule has 0 aromatic heterocycles. The number of amides is 1. The normalized spacial score (nSPS) is 11.0. The van der Waals surface area contributed by atoms with Crippen LogP contribution in [-0.2, 0) is 22.4 Å². The molecule has 0 aliphatic carbocycles. The van der Waals surface area contributed by atoms with Crippen molar-refractivity contribution < 1.29 is 24.2 Å². The van der Waals surface area contributed by atoms with Crippen molar-refractivity contribution in [2.45, 2.75) is 12.8 Å². The zero-order valence-electron chi connectivity index (χ0n) is 19.2. The molecule has 6 nitrogen and oxygen atoms in total. The molecule has 3 aromatic carbocycles. The number of aryl methyl sites for hydroxylation is 2. The first-order valence-corrected chi connectivity index (χ1v) is 10.8. The number of nitrogens with one attached hydrogen (secondary N) is 1. The molecule has 3 rings (SSSR count). The number of carbonyl (C=O) groups is 2. The minimum absolute atomic E-state index is 0.300. The fourth-order valence-electron chi connectivity index (χ4n) is 3.41. The van der Waals surface area contributed by atoms with E-state index in [-0.39, 0.29) is 5.91 Å². The van der Waals surface area contributed by atoms with Gasteiger partial charge in [0.1, 0.15) is 0 Å². The van der Waals surface area contributed by atoms with Crippen molar-refractivity contribution in [1.82, 2.24) is 0 Å². The van der Waals surface area contributed by atoms with E-state index in [1.807, 2.05) is 60.7 Å². The first-order valence-electron chi connectivity index (χ1n) is 10.8. The number of ether oxygens (including phenoxy) is 2. The maximum atomic E-state index is 12.5. The molecule has 1 amide bonds. The quantitative estimate of drug-likeness (QED) is 0.407. The van der Waals surface area contributed by atoms with Crippen LogP contribution in [0.25, 0.3) is 12.2 Å². The van der Waals surface area contributed by atoms with Gasteiger partial charge in [-0.1, -0.05) is 48.5 Å². The summed E-state index contributed by atoms with van der Waals surface area (Å²) in [5, 5.41) is 11.9. The summed E-state index contributed by atoms with van der Waals surface area (Å²) in [5.74, 6) is -0.00802. The van der Waals surface area contributed by atoms with Crippen LogP contribution < -0.4 is 14.8 Å². The zero-order valence-corrected chi connectivity index (χ0v) is 19.2. The van der Waals surface area contributed by atoms with Crippen molar-refractivity contribution in [3.63, 3.8) is 0 Å². The predicted octanol–water partition coefficient (Wildman–Crippen LogP) is 5.24. The van der Waals surface area contributed by atoms with E-state index in [0.29, 0.717) is 22.7 Å². The summed E-state index contributed by atoms with van der Waals surface area (Å²) in [6, 6.07) is 20.9. The van der Waals surface area contributed by atoms with E-state index in [0.717, 1.165) is 35.6 Å². The molecule has 3 aromatic rings. The van der Waals surface area contributed by atoms with Crippen molar-refractivity contribution in [3.8, 4) is 11.5 Å². The molecule has 6 heteroatoms. The average Bonchev–Trinajstić information content (AvgIpc) is 2.86. The van der Waals surface area contributed by atoms with Crippen molar-refractivity contribution in [2.24, 2.45) is 0 Å². The number of carboxylic acids is 1. The van der Waals surface area contributed by atoms with Gasteiger partial charge in [0.05, 0.1) is 14.2 Å². The second kappa shape index (κ2) is 12.1. The highest BCUT2D eigenvalue weighted by molar-refractivity contribution is 6.03. The largest absolute Gasteiger partial charge is 0.493 e. The van der Waals surface area contributed by atoms with E-state index in [9.17, 15) is 9.59 Å². The molecule has 2 N–H and O–H groups in total. The van der Waals surface area contributed by atoms with Crippen LogP contribution in [0.15, 0.2) is 78.9 Å². The highest BCUT2D eigenvalue weighted by Crippen LogP contribution is 2.28. The topological polar surface area (TPSA) is 84.9 Å². The minimum atomic E-state index is -1.06. The van der Waals surface area contributed by atoms with Gasteiger partial charge in [-0.3, -0.25) is 4.79 Å². The molecule has 0 radical (unpaired) electrons. The second-order valence-electron chi connectivity index (χ2n) is 7.52. The number of aliphatic carboxylic acids is 1. The molecule has 0 saturated heterocycles. The Bertz CT molecular complexity index is 1200. The molecular formula is C28H27NO5. The first kappa shape index (κ1) is 24.3. The van der Waals surface area contributed by atoms with E-state index < -0.39 is 5.97 Å². The summed E-state index contributed by atoms with van der Waals surface area (Å²) in [7, 11) is 3.20. The summed E-state index contributed by atoms with van der Waals surface area (Å²) in [6.45, 7) is 0. The van der Waals surface area contributed by atoms with E-state index in [1.54, 1.807) is 26.4 Å². The van der Waals surface area contributed by atoms with Gasteiger partial charge in [-0.05, 0) is 65.4 Å². The highest BCUT2D eigenvalue weighted by atomic mass is 16.5. The van der Waals surface area contributed by atoms with Crippen LogP contribution in [0.3, 0.4) is 0 Å². The molecule has 0 heterocycles. The Morgan fingerprint density at radius 1 is 0.824 bits per heavy atom. The van der Waals surface area contributed by atoms with Crippen LogP contribution in [-0.4, -0.2) is 31.2 Å². The third-order valence-corrected chi connectivity index (χ3v) is 5.16. The number of benzene rings is 3. The summed E-state index contributed by atoms with van der Waals surface area (Å²) >= 11 is 0. The Hall–Kier alpha value is -4.32. The van der Waals surface area contributed by atoms with Crippen LogP contribution in [0.1, 0.15) is 22.3 Å². The predicted molar refractivity (Wildman–Crippen MR) is 134 cm³/mol. The molecule has 0 bridgehead atoms. The number of carboxylic acid groups (broad SMARTS) is 1. The standard InChI is InChI=1S/C28H27NO5/c1-33-25-15-11-22(19-26(25)34-2)9-8-21-10-13-23(14-17-28(31)32)24(18-21)29-27(30)16-12-20-6-4-3-5-7-20/h3-7,10-19H,8-9H2,1-2H3,(H,29,30)(H,31,32). The third kappa shape index (κ3) is 7.10. The zero-order chi connectivity index (χ0) is 24.3. The summed E-state index contributed by atoms with van der Waals surface area (Å²) in [4.78, 5) is 23.5. The summed E-state index contributed by atoms with van der Waals surface area (Å²) in [5.41, 5.74) is 4.16. The number of methoxy groups -OCH3 is 2. The Balaban J connectivity index is 1.77. The molecule has 0 unspecified atom stereocenters. The van der Waals surface area contributed by atoms with E-state index >= 15 is 0 Å². The van der Waals surface area contributed by atoms with Crippen LogP contribution in [0, 0.1) is 0 Å². The van der Waals surface area contributed by atoms with Crippen LogP contribution in [0.4, 0.5) is 5.69 Å². The number of anilines is 1. The smallest absolute Gasteiger partial charge is 0.328 e. The van der Waals surface area contributed by atoms with Gasteiger partial charge in [0, 0.05) is 17.8 Å². The Morgan fingerprint density at radius 3 is 2.18 bits per heavy atom. The summed E-state index contributed by atoms with van der Waals surface area (Å²) < 4.78 is 10.7. The van der Waals surface area contributed by atoms with Crippen LogP contribution in [0.5, 0.6) is 11.5 Å². The van der Waals surface area contributed by atoms with Gasteiger partial charge in [-0.2, -0.15) is 0 Å². The first-order chi connectivity index (χ1) is 16.5. The average molecular weight is 458 g/mol. The van der Waals surface area contributed by atoms with E-state index in [1.165, 1.54) is 12.2 Å². The maximum absolute atomic E-state index is 12.5. The van der Waals surface area contributed by atoms with Crippen molar-refractivity contribution >= 4 is 29.7 Å². The molecule has 0 spiro atoms. The van der Waals surface area contributed by atoms with Gasteiger partial charge in [-0.15, -0.1) is 0 Å². The third-order valence-electron chi connectivity index (χ3n) is 5.16. The molecule has 0 saturated carbocycles. The lowest BCUT2D eigenvalue weighted by Crippen LogP contribution is -2.09. The van der Waals surface area contributed by atoms with Crippen LogP contribution in [0.2, 0.25) is 0 Å². The van der Waals surface area contributed by atoms with Gasteiger partial charge in [0.25, 0.3) is 0 Å². The van der Waals surface area contributed by atoms with E-state index in [2.05, 4.69) is 5.32 Å². The molecule has 0 fully saturated rings. The molecule has 0 aliphatic heterocycles. The minimum Gasteiger partial charge on any atom is -0.493 e. The molecule has 34 heavy (non-hydrogen) atoms. The van der Waals surface area contributed by atoms with Gasteiger partial charge in [-0.25, -0.2) is 4.79 Å². The van der Waals surface area contributed by atoms with Crippen molar-refractivity contribution in [1.29, 1.82) is 0 Å². The Kier molecular flexibility index (Phi) is 8.63. The molecule has 0 atom stereocenters. The Labute approximate surface area is 199 Å². The monoisotopic (exact) mass is 457 g/mol. The van der Waals surface area contributed by atoms with Gasteiger partial charge in [0.2, 0.25) is 5.91 Å². The van der Waals surface area contributed by atoms with Gasteiger partial charge < -0.3 is 19.9 Å². The fraction of sp³-hybridized carbons (Fsp3) is 0.143. The lowest BCUT2D eigenvalue weighted by molar-refractivity contribution is -0.131. The number of hydrogen-bond donors (Lipinski definition) is 2. The van der Waals surface area contributed by atoms with Crippen LogP contribution >= 0.6 is 0 Å². The Morgan fingerprint density at radius 2 is 1.50 bits per heavy atom. The molecule has 174 valence electrons. The highest BCUT2D eigenvalue weighted by Gasteiger charge is 2.08. The van der Waals surface area contributed by atoms with Crippen molar-refractivity contribution in [3.05, 3.63) is 101 Å². The lowest BCUT2D eigenvalue weighted by Gasteiger charge is -2.12. The number of carbonyl (C=O) groups excluding carboxylic acids is 1. The second-order valence-corrected chi connectivity index (χ2v) is 7.52. The molecular weight excluding hydrogens is 430 g/mol. The summed E-state index contributed by atoms with van der Waals surface area (Å²) in [6.07, 6.45) is 7.18. The lowest BCUT2D eigenvalue weighted by atomic mass is 10.0. The SMILES string of the molecule is COc1ccc(CCc2ccc(C=CC(=O)O)c(NC(=O)C=Cc3ccccc3)c2)cc1OC. The fourth-order valence-corrected chi connectivity index (χ4v) is 3.41.